The third-order valence-corrected chi connectivity index (χ3v) is 13.2. The van der Waals surface area contributed by atoms with Gasteiger partial charge >= 0.3 is 6.18 Å². The molecule has 0 N–H and O–H groups in total. The molecule has 0 unspecified atom stereocenters. The minimum Gasteiger partial charge on any atom is -0.347 e. The predicted octanol–water partition coefficient (Wildman–Crippen LogP) is -11.3. The van der Waals surface area contributed by atoms with Crippen molar-refractivity contribution in [2.24, 2.45) is 0 Å². The van der Waals surface area contributed by atoms with Gasteiger partial charge in [-0.2, -0.15) is 18.2 Å². The van der Waals surface area contributed by atoms with E-state index in [0.717, 1.165) is 9.47 Å². The molecular formula is C36H18B20F4N4O2S. The smallest absolute Gasteiger partial charge is 0.347 e. The van der Waals surface area contributed by atoms with Crippen molar-refractivity contribution in [3.8, 4) is 11.1 Å². The van der Waals surface area contributed by atoms with E-state index in [4.69, 9.17) is 157 Å². The summed E-state index contributed by atoms with van der Waals surface area (Å²) in [5, 5.41) is -10.4. The molecule has 0 aliphatic heterocycles. The molecule has 0 bridgehead atoms. The Bertz CT molecular complexity index is 2680. The monoisotopic (exact) mass is 866 g/mol. The summed E-state index contributed by atoms with van der Waals surface area (Å²) in [4.78, 5) is 35.9. The number of nitrogens with zero attached hydrogens (tertiary/aromatic N) is 4. The standard InChI is InChI=1S/C36H18B20F4N4O2S/c1-3-62(4-2)5-6-64(34(53,54)13-22(43)18(39)11(19(40)23(13)44)12-20(41)24(45)14(35(58,59)60)25(46)21(12)42)10(65)7-63-29-15(32(49,50)36(55,56)33(29,51)52)30(66)61-31(63)67-8-9-16(37)26(47)28(57)27(48)17(9)38/h3-8H2,1-2H3. The molecule has 0 saturated heterocycles. The molecule has 1 aliphatic carbocycles. The quantitative estimate of drug-likeness (QED) is 0.0580. The summed E-state index contributed by atoms with van der Waals surface area (Å²) in [5.41, 5.74) is -12.1. The van der Waals surface area contributed by atoms with Gasteiger partial charge in [-0.15, -0.1) is 5.21 Å². The third-order valence-electron chi connectivity index (χ3n) is 12.2. The average Bonchev–Trinajstić information content (AvgIpc) is 3.34. The first-order valence-corrected chi connectivity index (χ1v) is 20.7. The van der Waals surface area contributed by atoms with Crippen molar-refractivity contribution in [2.75, 3.05) is 26.2 Å². The van der Waals surface area contributed by atoms with Crippen LogP contribution < -0.4 is 71.1 Å². The van der Waals surface area contributed by atoms with Crippen molar-refractivity contribution in [3.63, 3.8) is 0 Å². The number of benzene rings is 3. The van der Waals surface area contributed by atoms with Crippen LogP contribution in [0.2, 0.25) is 5.21 Å². The Morgan fingerprint density at radius 3 is 1.51 bits per heavy atom. The topological polar surface area (TPSA) is 58.4 Å². The largest absolute Gasteiger partial charge is 0.415 e. The molecule has 288 valence electrons. The first-order valence-electron chi connectivity index (χ1n) is 19.7. The molecule has 0 spiro atoms. The van der Waals surface area contributed by atoms with E-state index in [1.807, 2.05) is 18.7 Å². The van der Waals surface area contributed by atoms with Crippen LogP contribution in [0.3, 0.4) is 0 Å². The van der Waals surface area contributed by atoms with Crippen molar-refractivity contribution in [1.29, 1.82) is 0 Å². The lowest BCUT2D eigenvalue weighted by Crippen LogP contribution is -2.61. The van der Waals surface area contributed by atoms with Crippen molar-refractivity contribution in [2.45, 2.75) is 58.5 Å². The second-order valence-corrected chi connectivity index (χ2v) is 17.0. The molecule has 31 heteroatoms. The zero-order valence-electron chi connectivity index (χ0n) is 36.3. The van der Waals surface area contributed by atoms with Gasteiger partial charge in [0.15, 0.2) is 5.16 Å². The Kier molecular flexibility index (Phi) is 15.8. The van der Waals surface area contributed by atoms with Crippen LogP contribution in [-0.4, -0.2) is 208 Å². The molecular weight excluding hydrogens is 845 g/mol. The Morgan fingerprint density at radius 2 is 1.09 bits per heavy atom. The van der Waals surface area contributed by atoms with Gasteiger partial charge < -0.3 is 14.4 Å². The van der Waals surface area contributed by atoms with E-state index in [1.165, 1.54) is 0 Å². The summed E-state index contributed by atoms with van der Waals surface area (Å²) in [7, 11) is 127. The number of carbonyl (C=O) groups excluding carboxylic acids is 1. The van der Waals surface area contributed by atoms with Crippen LogP contribution in [0.4, 0.5) is 17.6 Å². The number of likely N-dealkylation sites (N-methyl/N-ethyl adjacent to an activating group) is 1. The maximum atomic E-state index is 15.2. The van der Waals surface area contributed by atoms with Gasteiger partial charge in [0.2, 0.25) is 5.91 Å². The first-order chi connectivity index (χ1) is 30.6. The van der Waals surface area contributed by atoms with E-state index < -0.39 is 134 Å². The van der Waals surface area contributed by atoms with Crippen LogP contribution in [-0.2, 0) is 39.0 Å². The number of fused-ring (bicyclic) bond motifs is 1. The van der Waals surface area contributed by atoms with E-state index in [0.29, 0.717) is 24.9 Å². The van der Waals surface area contributed by atoms with Crippen LogP contribution in [0, 0.1) is 5.82 Å². The minimum absolute atomic E-state index is 0.0123. The van der Waals surface area contributed by atoms with Gasteiger partial charge in [0.25, 0.3) is 5.56 Å². The molecule has 3 aromatic carbocycles. The summed E-state index contributed by atoms with van der Waals surface area (Å²) in [5.74, 6) is -2.39. The predicted molar refractivity (Wildman–Crippen MR) is 279 cm³/mol. The molecule has 0 saturated carbocycles. The highest BCUT2D eigenvalue weighted by atomic mass is 32.2. The number of amides is 1. The number of thioether (sulfide) groups is 1. The number of alkyl halides is 3. The number of hydrogen-bond acceptors (Lipinski definition) is 5. The fraction of sp³-hybridized carbons (Fsp3) is 0.361. The van der Waals surface area contributed by atoms with Gasteiger partial charge in [-0.25, -0.2) is 4.39 Å². The average molecular weight is 863 g/mol. The van der Waals surface area contributed by atoms with Crippen molar-refractivity contribution >= 4 is 240 Å². The third kappa shape index (κ3) is 8.93. The number of carbonyl (C=O) groups is 1. The molecule has 0 atom stereocenters. The summed E-state index contributed by atoms with van der Waals surface area (Å²) >= 11 is 0.699. The van der Waals surface area contributed by atoms with Crippen LogP contribution in [0.1, 0.15) is 41.8 Å². The van der Waals surface area contributed by atoms with E-state index in [-0.39, 0.29) is 46.1 Å². The highest BCUT2D eigenvalue weighted by Gasteiger charge is 2.57. The Balaban J connectivity index is 1.76. The molecule has 1 aliphatic rings. The van der Waals surface area contributed by atoms with Gasteiger partial charge in [-0.1, -0.05) is 113 Å². The van der Waals surface area contributed by atoms with E-state index in [2.05, 4.69) is 4.98 Å². The van der Waals surface area contributed by atoms with Crippen molar-refractivity contribution in [3.05, 3.63) is 44.1 Å². The maximum Gasteiger partial charge on any atom is 0.415 e. The zero-order valence-corrected chi connectivity index (χ0v) is 37.1. The van der Waals surface area contributed by atoms with Crippen LogP contribution in [0.15, 0.2) is 9.95 Å². The van der Waals surface area contributed by atoms with Crippen molar-refractivity contribution in [1.82, 2.24) is 19.4 Å². The molecule has 0 fully saturated rings. The number of hydrogen-bond donors (Lipinski definition) is 0. The van der Waals surface area contributed by atoms with Gasteiger partial charge in [-0.05, 0) is 29.6 Å². The van der Waals surface area contributed by atoms with Crippen LogP contribution >= 0.6 is 11.8 Å². The molecule has 40 radical (unpaired) electrons. The van der Waals surface area contributed by atoms with E-state index in [1.54, 1.807) is 0 Å². The van der Waals surface area contributed by atoms with Gasteiger partial charge in [-0.3, -0.25) is 9.59 Å². The fourth-order valence-electron chi connectivity index (χ4n) is 8.07. The highest BCUT2D eigenvalue weighted by Crippen LogP contribution is 2.57. The second kappa shape index (κ2) is 19.2. The fourth-order valence-corrected chi connectivity index (χ4v) is 9.11. The van der Waals surface area contributed by atoms with Crippen LogP contribution in [0.25, 0.3) is 11.1 Å². The summed E-state index contributed by atoms with van der Waals surface area (Å²) < 4.78 is 57.7. The van der Waals surface area contributed by atoms with E-state index in [9.17, 15) is 22.4 Å². The lowest BCUT2D eigenvalue weighted by molar-refractivity contribution is -0.136. The Hall–Kier alpha value is -2.66. The SMILES string of the molecule is [B]c1c([B])c(CSc2nc(=O)c3c(n2CC(=O)N(CCN(CC)CC)C([B])([B])c2c([B])c([B])c(-c4c([B])c([B])c(C(F)(F)F)c([B])c4[B])c([B])c2[B])C([B])([B])C([B])([B])C3([B])[B])c([B])c([B])c1F. The van der Waals surface area contributed by atoms with Gasteiger partial charge in [0.1, 0.15) is 107 Å². The Morgan fingerprint density at radius 1 is 0.657 bits per heavy atom. The van der Waals surface area contributed by atoms with Crippen molar-refractivity contribution < 1.29 is 22.4 Å². The lowest BCUT2D eigenvalue weighted by atomic mass is 9.20. The summed E-state index contributed by atoms with van der Waals surface area (Å²) in [6.45, 7) is 3.46. The number of rotatable bonds is 13. The normalized spacial score (nSPS) is 15.1. The highest BCUT2D eigenvalue weighted by molar-refractivity contribution is 7.98. The zero-order chi connectivity index (χ0) is 51.2. The number of halogens is 4. The van der Waals surface area contributed by atoms with E-state index >= 15 is 4.79 Å². The summed E-state index contributed by atoms with van der Waals surface area (Å²) in [6, 6.07) is 0. The van der Waals surface area contributed by atoms with Gasteiger partial charge in [0.05, 0.1) is 62.8 Å². The minimum atomic E-state index is -5.09. The lowest BCUT2D eigenvalue weighted by Gasteiger charge is -2.47. The Labute approximate surface area is 419 Å². The maximum absolute atomic E-state index is 15.2. The first kappa shape index (κ1) is 55.3. The summed E-state index contributed by atoms with van der Waals surface area (Å²) in [6.07, 6.45) is -5.09. The molecule has 4 aromatic rings. The molecule has 5 rings (SSSR count). The molecule has 1 aromatic heterocycles. The molecule has 67 heavy (non-hydrogen) atoms. The van der Waals surface area contributed by atoms with Gasteiger partial charge in [0, 0.05) is 35.7 Å². The molecule has 1 amide bonds. The molecule has 1 heterocycles. The van der Waals surface area contributed by atoms with Crippen LogP contribution in [0.5, 0.6) is 0 Å². The number of aromatic nitrogens is 2. The molecule has 6 nitrogen and oxygen atoms in total. The second-order valence-electron chi connectivity index (χ2n) is 16.1.